The van der Waals surface area contributed by atoms with Gasteiger partial charge in [0.25, 0.3) is 5.56 Å². The predicted octanol–water partition coefficient (Wildman–Crippen LogP) is 3.13. The summed E-state index contributed by atoms with van der Waals surface area (Å²) >= 11 is 0. The second-order valence-corrected chi connectivity index (χ2v) is 7.44. The van der Waals surface area contributed by atoms with Gasteiger partial charge in [0, 0.05) is 11.8 Å². The van der Waals surface area contributed by atoms with Gasteiger partial charge in [0.05, 0.1) is 34.5 Å². The van der Waals surface area contributed by atoms with E-state index in [0.29, 0.717) is 22.4 Å². The molecule has 5 rings (SSSR count). The first-order valence-corrected chi connectivity index (χ1v) is 10.2. The van der Waals surface area contributed by atoms with Crippen molar-refractivity contribution in [2.75, 3.05) is 11.1 Å². The molecule has 0 fully saturated rings. The molecule has 2 aromatic carbocycles. The van der Waals surface area contributed by atoms with Crippen molar-refractivity contribution in [3.05, 3.63) is 82.7 Å². The number of fused-ring (bicyclic) bond motifs is 1. The quantitative estimate of drug-likeness (QED) is 0.329. The molecule has 0 amide bonds. The van der Waals surface area contributed by atoms with E-state index in [1.165, 1.54) is 6.20 Å². The van der Waals surface area contributed by atoms with E-state index in [1.54, 1.807) is 10.8 Å². The van der Waals surface area contributed by atoms with Gasteiger partial charge in [-0.1, -0.05) is 30.3 Å². The lowest BCUT2D eigenvalue weighted by Crippen LogP contribution is -2.28. The number of hydrogen-bond donors (Lipinski definition) is 4. The number of aromatic amines is 2. The Balaban J connectivity index is 1.73. The SMILES string of the molecule is CC(Nc1nc(N)ncc1C#N)c1nc2cccc(-c3c[nH][nH]3)c2c(=O)n1-c1ccccc1. The molecule has 3 aromatic heterocycles. The Labute approximate surface area is 187 Å². The maximum Gasteiger partial charge on any atom is 0.266 e. The van der Waals surface area contributed by atoms with Crippen molar-refractivity contribution in [2.45, 2.75) is 13.0 Å². The van der Waals surface area contributed by atoms with Crippen LogP contribution in [0.1, 0.15) is 24.4 Å². The van der Waals surface area contributed by atoms with Crippen molar-refractivity contribution in [2.24, 2.45) is 0 Å². The van der Waals surface area contributed by atoms with Crippen LogP contribution in [-0.2, 0) is 0 Å². The Morgan fingerprint density at radius 1 is 1.15 bits per heavy atom. The molecule has 0 aliphatic heterocycles. The molecular weight excluding hydrogens is 418 g/mol. The fraction of sp³-hybridized carbons (Fsp3) is 0.0870. The van der Waals surface area contributed by atoms with Gasteiger partial charge in [0.2, 0.25) is 5.95 Å². The number of nitrogens with zero attached hydrogens (tertiary/aromatic N) is 5. The molecule has 1 atom stereocenters. The molecule has 162 valence electrons. The third kappa shape index (κ3) is 3.47. The van der Waals surface area contributed by atoms with E-state index in [1.807, 2.05) is 61.5 Å². The highest BCUT2D eigenvalue weighted by Gasteiger charge is 2.21. The van der Waals surface area contributed by atoms with E-state index in [-0.39, 0.29) is 22.9 Å². The summed E-state index contributed by atoms with van der Waals surface area (Å²) in [5, 5.41) is 19.0. The maximum atomic E-state index is 13.9. The van der Waals surface area contributed by atoms with Gasteiger partial charge in [-0.05, 0) is 25.1 Å². The van der Waals surface area contributed by atoms with Gasteiger partial charge in [-0.3, -0.25) is 14.5 Å². The minimum atomic E-state index is -0.491. The van der Waals surface area contributed by atoms with Gasteiger partial charge in [-0.25, -0.2) is 9.97 Å². The first-order chi connectivity index (χ1) is 16.1. The van der Waals surface area contributed by atoms with Gasteiger partial charge in [0.1, 0.15) is 23.3 Å². The monoisotopic (exact) mass is 437 g/mol. The van der Waals surface area contributed by atoms with E-state index in [0.717, 1.165) is 11.3 Å². The molecule has 10 heteroatoms. The Bertz CT molecular complexity index is 1550. The van der Waals surface area contributed by atoms with Gasteiger partial charge in [-0.15, -0.1) is 0 Å². The summed E-state index contributed by atoms with van der Waals surface area (Å²) in [6, 6.07) is 16.4. The molecule has 0 aliphatic carbocycles. The summed E-state index contributed by atoms with van der Waals surface area (Å²) in [4.78, 5) is 26.7. The van der Waals surface area contributed by atoms with Gasteiger partial charge >= 0.3 is 0 Å². The van der Waals surface area contributed by atoms with E-state index < -0.39 is 6.04 Å². The van der Waals surface area contributed by atoms with Crippen LogP contribution in [-0.4, -0.2) is 29.7 Å². The second-order valence-electron chi connectivity index (χ2n) is 7.44. The number of H-pyrrole nitrogens is 2. The molecule has 33 heavy (non-hydrogen) atoms. The average Bonchev–Trinajstić information content (AvgIpc) is 2.78. The second kappa shape index (κ2) is 7.97. The number of rotatable bonds is 5. The number of benzene rings is 2. The molecule has 1 unspecified atom stereocenters. The maximum absolute atomic E-state index is 13.9. The number of para-hydroxylation sites is 1. The lowest BCUT2D eigenvalue weighted by Gasteiger charge is -2.21. The zero-order valence-corrected chi connectivity index (χ0v) is 17.6. The Hall–Kier alpha value is -4.91. The summed E-state index contributed by atoms with van der Waals surface area (Å²) in [7, 11) is 0. The number of nitriles is 1. The fourth-order valence-electron chi connectivity index (χ4n) is 3.74. The lowest BCUT2D eigenvalue weighted by molar-refractivity contribution is 0.730. The fourth-order valence-corrected chi connectivity index (χ4v) is 3.74. The Morgan fingerprint density at radius 2 is 1.94 bits per heavy atom. The Morgan fingerprint density at radius 3 is 2.64 bits per heavy atom. The molecule has 0 radical (unpaired) electrons. The Kier molecular flexibility index (Phi) is 4.84. The standard InChI is InChI=1S/C23H19N9O/c1-13(28-20-14(10-24)11-26-23(25)30-20)21-29-17-9-5-8-16(18-12-27-31-18)19(17)22(33)32(21)15-6-3-2-4-7-15/h2-9,11-13,27,31H,1H3,(H3,25,26,28,30). The number of anilines is 2. The number of nitrogens with two attached hydrogens (primary N) is 1. The number of hydrogen-bond acceptors (Lipinski definition) is 7. The molecule has 0 bridgehead atoms. The van der Waals surface area contributed by atoms with Gasteiger partial charge in [-0.2, -0.15) is 10.2 Å². The molecule has 0 saturated carbocycles. The zero-order valence-electron chi connectivity index (χ0n) is 17.6. The normalized spacial score (nSPS) is 11.9. The summed E-state index contributed by atoms with van der Waals surface area (Å²) in [6.45, 7) is 1.84. The zero-order chi connectivity index (χ0) is 22.9. The molecule has 0 saturated heterocycles. The van der Waals surface area contributed by atoms with Crippen LogP contribution in [0.5, 0.6) is 0 Å². The topological polar surface area (TPSA) is 154 Å². The van der Waals surface area contributed by atoms with Gasteiger partial charge in [0.15, 0.2) is 0 Å². The van der Waals surface area contributed by atoms with E-state index >= 15 is 0 Å². The highest BCUT2D eigenvalue weighted by atomic mass is 16.1. The predicted molar refractivity (Wildman–Crippen MR) is 125 cm³/mol. The molecule has 3 heterocycles. The molecule has 0 aliphatic rings. The first kappa shape index (κ1) is 20.0. The number of nitrogen functional groups attached to an aromatic ring is 1. The van der Waals surface area contributed by atoms with Crippen molar-refractivity contribution in [1.29, 1.82) is 5.26 Å². The van der Waals surface area contributed by atoms with Crippen LogP contribution in [0.15, 0.2) is 65.7 Å². The van der Waals surface area contributed by atoms with Gasteiger partial charge < -0.3 is 16.1 Å². The van der Waals surface area contributed by atoms with E-state index in [2.05, 4.69) is 25.5 Å². The van der Waals surface area contributed by atoms with Crippen LogP contribution in [0.2, 0.25) is 0 Å². The highest BCUT2D eigenvalue weighted by molar-refractivity contribution is 5.93. The molecule has 5 aromatic rings. The van der Waals surface area contributed by atoms with Crippen LogP contribution in [0.3, 0.4) is 0 Å². The van der Waals surface area contributed by atoms with Crippen LogP contribution in [0.4, 0.5) is 11.8 Å². The van der Waals surface area contributed by atoms with Crippen LogP contribution < -0.4 is 16.6 Å². The van der Waals surface area contributed by atoms with Crippen molar-refractivity contribution >= 4 is 22.7 Å². The molecule has 10 nitrogen and oxygen atoms in total. The van der Waals surface area contributed by atoms with Crippen LogP contribution in [0.25, 0.3) is 27.8 Å². The summed E-state index contributed by atoms with van der Waals surface area (Å²) in [6.07, 6.45) is 3.15. The minimum absolute atomic E-state index is 0.0372. The summed E-state index contributed by atoms with van der Waals surface area (Å²) < 4.78 is 1.58. The molecular formula is C23H19N9O. The average molecular weight is 437 g/mol. The number of aromatic nitrogens is 6. The lowest BCUT2D eigenvalue weighted by atomic mass is 10.1. The first-order valence-electron chi connectivity index (χ1n) is 10.2. The highest BCUT2D eigenvalue weighted by Crippen LogP contribution is 2.27. The summed E-state index contributed by atoms with van der Waals surface area (Å²) in [5.41, 5.74) is 8.56. The third-order valence-electron chi connectivity index (χ3n) is 5.32. The molecule has 0 spiro atoms. The van der Waals surface area contributed by atoms with Crippen molar-refractivity contribution < 1.29 is 0 Å². The smallest absolute Gasteiger partial charge is 0.266 e. The van der Waals surface area contributed by atoms with E-state index in [4.69, 9.17) is 10.7 Å². The number of nitrogens with one attached hydrogen (secondary N) is 3. The minimum Gasteiger partial charge on any atom is -0.368 e. The summed E-state index contributed by atoms with van der Waals surface area (Å²) in [5.74, 6) is 0.774. The van der Waals surface area contributed by atoms with Crippen molar-refractivity contribution in [3.8, 4) is 23.0 Å². The van der Waals surface area contributed by atoms with Crippen molar-refractivity contribution in [3.63, 3.8) is 0 Å². The third-order valence-corrected chi connectivity index (χ3v) is 5.32. The largest absolute Gasteiger partial charge is 0.368 e. The van der Waals surface area contributed by atoms with E-state index in [9.17, 15) is 10.1 Å². The van der Waals surface area contributed by atoms with Crippen molar-refractivity contribution in [1.82, 2.24) is 29.7 Å². The van der Waals surface area contributed by atoms with Crippen LogP contribution in [0, 0.1) is 11.3 Å². The van der Waals surface area contributed by atoms with Crippen LogP contribution >= 0.6 is 0 Å². The molecule has 5 N–H and O–H groups in total.